The summed E-state index contributed by atoms with van der Waals surface area (Å²) in [6.45, 7) is 2.70. The van der Waals surface area contributed by atoms with E-state index in [1.165, 1.54) is 15.6 Å². The fraction of sp³-hybridized carbons (Fsp3) is 0.375. The number of hydrogen-bond donors (Lipinski definition) is 1. The molecule has 0 radical (unpaired) electrons. The van der Waals surface area contributed by atoms with Crippen molar-refractivity contribution in [2.45, 2.75) is 32.6 Å². The van der Waals surface area contributed by atoms with Gasteiger partial charge in [-0.15, -0.1) is 10.2 Å². The molecule has 1 aliphatic heterocycles. The standard InChI is InChI=1S/C24H28N4O3S2/c1-18-11-13-20(14-12-18)23-26-27-24(32-23)25-22(29)21-10-5-15-28(17-21)33(30,31)16-6-9-19-7-3-2-4-8-19/h2-4,7-8,11-14,21H,5-6,9-10,15-17H2,1H3,(H,25,27,29). The lowest BCUT2D eigenvalue weighted by atomic mass is 9.99. The minimum Gasteiger partial charge on any atom is -0.300 e. The molecule has 1 aliphatic rings. The van der Waals surface area contributed by atoms with Crippen molar-refractivity contribution in [3.63, 3.8) is 0 Å². The summed E-state index contributed by atoms with van der Waals surface area (Å²) in [5.74, 6) is -0.507. The molecule has 1 N–H and O–H groups in total. The van der Waals surface area contributed by atoms with Crippen LogP contribution in [0, 0.1) is 12.8 Å². The molecule has 1 amide bonds. The van der Waals surface area contributed by atoms with E-state index in [1.54, 1.807) is 0 Å². The number of nitrogens with zero attached hydrogens (tertiary/aromatic N) is 3. The highest BCUT2D eigenvalue weighted by Gasteiger charge is 2.32. The normalized spacial score (nSPS) is 17.1. The van der Waals surface area contributed by atoms with Gasteiger partial charge in [-0.25, -0.2) is 12.7 Å². The van der Waals surface area contributed by atoms with Crippen molar-refractivity contribution < 1.29 is 13.2 Å². The minimum absolute atomic E-state index is 0.0898. The van der Waals surface area contributed by atoms with Crippen molar-refractivity contribution in [3.8, 4) is 10.6 Å². The van der Waals surface area contributed by atoms with Crippen LogP contribution >= 0.6 is 11.3 Å². The van der Waals surface area contributed by atoms with Gasteiger partial charge >= 0.3 is 0 Å². The lowest BCUT2D eigenvalue weighted by molar-refractivity contribution is -0.120. The molecule has 1 aromatic heterocycles. The first-order valence-corrected chi connectivity index (χ1v) is 13.6. The molecule has 0 spiro atoms. The SMILES string of the molecule is Cc1ccc(-c2nnc(NC(=O)C3CCCN(S(=O)(=O)CCCc4ccccc4)C3)s2)cc1. The van der Waals surface area contributed by atoms with Crippen LogP contribution in [0.4, 0.5) is 5.13 Å². The number of benzene rings is 2. The number of piperidine rings is 1. The van der Waals surface area contributed by atoms with Gasteiger partial charge in [-0.2, -0.15) is 0 Å². The second-order valence-electron chi connectivity index (χ2n) is 8.37. The highest BCUT2D eigenvalue weighted by atomic mass is 32.2. The van der Waals surface area contributed by atoms with Crippen LogP contribution in [0.5, 0.6) is 0 Å². The number of aryl methyl sites for hydroxylation is 2. The third-order valence-electron chi connectivity index (χ3n) is 5.81. The van der Waals surface area contributed by atoms with Crippen LogP contribution in [-0.2, 0) is 21.2 Å². The summed E-state index contributed by atoms with van der Waals surface area (Å²) in [7, 11) is -3.40. The van der Waals surface area contributed by atoms with Crippen molar-refractivity contribution in [1.29, 1.82) is 0 Å². The Morgan fingerprint density at radius 2 is 1.88 bits per heavy atom. The Hall–Kier alpha value is -2.62. The van der Waals surface area contributed by atoms with Crippen molar-refractivity contribution in [3.05, 3.63) is 65.7 Å². The Morgan fingerprint density at radius 1 is 1.12 bits per heavy atom. The first kappa shape index (κ1) is 23.5. The maximum atomic E-state index is 12.9. The third-order valence-corrected chi connectivity index (χ3v) is 8.62. The highest BCUT2D eigenvalue weighted by molar-refractivity contribution is 7.89. The van der Waals surface area contributed by atoms with Gasteiger partial charge in [-0.3, -0.25) is 4.79 Å². The molecule has 33 heavy (non-hydrogen) atoms. The second-order valence-corrected chi connectivity index (χ2v) is 11.4. The number of sulfonamides is 1. The number of anilines is 1. The molecule has 1 fully saturated rings. The van der Waals surface area contributed by atoms with E-state index in [1.807, 2.05) is 61.5 Å². The van der Waals surface area contributed by atoms with Gasteiger partial charge in [0.1, 0.15) is 5.01 Å². The maximum Gasteiger partial charge on any atom is 0.230 e. The lowest BCUT2D eigenvalue weighted by Gasteiger charge is -2.31. The summed E-state index contributed by atoms with van der Waals surface area (Å²) in [4.78, 5) is 12.8. The number of rotatable bonds is 8. The van der Waals surface area contributed by atoms with Crippen LogP contribution in [0.3, 0.4) is 0 Å². The first-order valence-electron chi connectivity index (χ1n) is 11.1. The van der Waals surface area contributed by atoms with Gasteiger partial charge in [0.25, 0.3) is 0 Å². The van der Waals surface area contributed by atoms with E-state index >= 15 is 0 Å². The topological polar surface area (TPSA) is 92.3 Å². The number of nitrogens with one attached hydrogen (secondary N) is 1. The molecule has 0 bridgehead atoms. The average molecular weight is 485 g/mol. The van der Waals surface area contributed by atoms with E-state index < -0.39 is 15.9 Å². The van der Waals surface area contributed by atoms with Crippen LogP contribution in [-0.4, -0.2) is 47.7 Å². The first-order chi connectivity index (χ1) is 15.9. The fourth-order valence-electron chi connectivity index (χ4n) is 3.94. The van der Waals surface area contributed by atoms with E-state index in [0.29, 0.717) is 30.9 Å². The van der Waals surface area contributed by atoms with E-state index in [4.69, 9.17) is 0 Å². The predicted octanol–water partition coefficient (Wildman–Crippen LogP) is 4.13. The Labute approximate surface area is 198 Å². The molecule has 2 heterocycles. The van der Waals surface area contributed by atoms with Crippen LogP contribution < -0.4 is 5.32 Å². The summed E-state index contributed by atoms with van der Waals surface area (Å²) in [5, 5.41) is 12.3. The number of amides is 1. The molecule has 1 saturated heterocycles. The quantitative estimate of drug-likeness (QED) is 0.519. The van der Waals surface area contributed by atoms with E-state index in [9.17, 15) is 13.2 Å². The zero-order valence-electron chi connectivity index (χ0n) is 18.6. The summed E-state index contributed by atoms with van der Waals surface area (Å²) < 4.78 is 27.2. The van der Waals surface area contributed by atoms with Gasteiger partial charge in [0.05, 0.1) is 11.7 Å². The molecule has 7 nitrogen and oxygen atoms in total. The van der Waals surface area contributed by atoms with Gasteiger partial charge in [-0.05, 0) is 38.2 Å². The fourth-order valence-corrected chi connectivity index (χ4v) is 6.27. The van der Waals surface area contributed by atoms with Gasteiger partial charge in [0.15, 0.2) is 0 Å². The molecule has 1 atom stereocenters. The van der Waals surface area contributed by atoms with Crippen LogP contribution in [0.25, 0.3) is 10.6 Å². The molecule has 1 unspecified atom stereocenters. The Balaban J connectivity index is 1.32. The molecule has 0 aliphatic carbocycles. The largest absolute Gasteiger partial charge is 0.300 e. The van der Waals surface area contributed by atoms with Gasteiger partial charge in [0.2, 0.25) is 21.1 Å². The second kappa shape index (κ2) is 10.5. The zero-order valence-corrected chi connectivity index (χ0v) is 20.2. The van der Waals surface area contributed by atoms with E-state index in [-0.39, 0.29) is 18.2 Å². The number of carbonyl (C=O) groups is 1. The molecular weight excluding hydrogens is 456 g/mol. The van der Waals surface area contributed by atoms with Crippen LogP contribution in [0.2, 0.25) is 0 Å². The smallest absolute Gasteiger partial charge is 0.230 e. The van der Waals surface area contributed by atoms with E-state index in [0.717, 1.165) is 28.1 Å². The highest BCUT2D eigenvalue weighted by Crippen LogP contribution is 2.28. The summed E-state index contributed by atoms with van der Waals surface area (Å²) in [5.41, 5.74) is 3.24. The van der Waals surface area contributed by atoms with Crippen molar-refractivity contribution >= 4 is 32.4 Å². The van der Waals surface area contributed by atoms with Gasteiger partial charge in [0, 0.05) is 18.7 Å². The Kier molecular flexibility index (Phi) is 7.52. The number of carbonyl (C=O) groups excluding carboxylic acids is 1. The number of hydrogen-bond acceptors (Lipinski definition) is 6. The lowest BCUT2D eigenvalue weighted by Crippen LogP contribution is -2.44. The molecule has 9 heteroatoms. The Bertz CT molecular complexity index is 1180. The van der Waals surface area contributed by atoms with Crippen molar-refractivity contribution in [1.82, 2.24) is 14.5 Å². The minimum atomic E-state index is -3.40. The third kappa shape index (κ3) is 6.25. The zero-order chi connectivity index (χ0) is 23.3. The molecule has 4 rings (SSSR count). The molecule has 0 saturated carbocycles. The van der Waals surface area contributed by atoms with E-state index in [2.05, 4.69) is 15.5 Å². The molecule has 3 aromatic rings. The van der Waals surface area contributed by atoms with Crippen LogP contribution in [0.1, 0.15) is 30.4 Å². The summed E-state index contributed by atoms with van der Waals surface area (Å²) >= 11 is 1.31. The van der Waals surface area contributed by atoms with Crippen molar-refractivity contribution in [2.75, 3.05) is 24.2 Å². The van der Waals surface area contributed by atoms with Crippen molar-refractivity contribution in [2.24, 2.45) is 5.92 Å². The maximum absolute atomic E-state index is 12.9. The molecular formula is C24H28N4O3S2. The predicted molar refractivity (Wildman–Crippen MR) is 132 cm³/mol. The van der Waals surface area contributed by atoms with Crippen LogP contribution in [0.15, 0.2) is 54.6 Å². The number of aromatic nitrogens is 2. The molecule has 174 valence electrons. The van der Waals surface area contributed by atoms with Gasteiger partial charge < -0.3 is 5.32 Å². The summed E-state index contributed by atoms with van der Waals surface area (Å²) in [6, 6.07) is 17.8. The summed E-state index contributed by atoms with van der Waals surface area (Å²) in [6.07, 6.45) is 2.61. The average Bonchev–Trinajstić information content (AvgIpc) is 3.28. The van der Waals surface area contributed by atoms with Gasteiger partial charge in [-0.1, -0.05) is 71.5 Å². The Morgan fingerprint density at radius 3 is 2.64 bits per heavy atom. The monoisotopic (exact) mass is 484 g/mol. The molecule has 2 aromatic carbocycles.